The number of anilines is 2. The molecule has 1 aromatic carbocycles. The standard InChI is InChI=1S/C14H15N3O3S/c1-8(2)11-7-21-14(16-11)17-13(20)15-10-6-4-3-5-9(10)12(18)19/h3-8H,1-2H3,(H,18,19)(H2,15,16,17,20). The number of carbonyl (C=O) groups excluding carboxylic acids is 1. The van der Waals surface area contributed by atoms with Gasteiger partial charge in [0.05, 0.1) is 16.9 Å². The summed E-state index contributed by atoms with van der Waals surface area (Å²) in [6.07, 6.45) is 0. The number of hydrogen-bond acceptors (Lipinski definition) is 4. The average Bonchev–Trinajstić information content (AvgIpc) is 2.87. The van der Waals surface area contributed by atoms with Gasteiger partial charge in [0.15, 0.2) is 5.13 Å². The fraction of sp³-hybridized carbons (Fsp3) is 0.214. The Kier molecular flexibility index (Phi) is 4.54. The van der Waals surface area contributed by atoms with Gasteiger partial charge in [-0.1, -0.05) is 26.0 Å². The molecule has 0 fully saturated rings. The van der Waals surface area contributed by atoms with Crippen molar-refractivity contribution in [2.45, 2.75) is 19.8 Å². The van der Waals surface area contributed by atoms with Crippen molar-refractivity contribution in [3.05, 3.63) is 40.9 Å². The number of nitrogens with zero attached hydrogens (tertiary/aromatic N) is 1. The van der Waals surface area contributed by atoms with Crippen LogP contribution < -0.4 is 10.6 Å². The second kappa shape index (κ2) is 6.36. The van der Waals surface area contributed by atoms with E-state index in [1.807, 2.05) is 19.2 Å². The summed E-state index contributed by atoms with van der Waals surface area (Å²) in [6, 6.07) is 5.70. The molecule has 110 valence electrons. The first-order valence-corrected chi connectivity index (χ1v) is 7.21. The second-order valence-electron chi connectivity index (χ2n) is 4.66. The predicted octanol–water partition coefficient (Wildman–Crippen LogP) is 3.61. The van der Waals surface area contributed by atoms with E-state index in [1.54, 1.807) is 12.1 Å². The minimum atomic E-state index is -1.10. The lowest BCUT2D eigenvalue weighted by Crippen LogP contribution is -2.20. The van der Waals surface area contributed by atoms with Crippen molar-refractivity contribution in [3.63, 3.8) is 0 Å². The van der Waals surface area contributed by atoms with Crippen molar-refractivity contribution in [2.75, 3.05) is 10.6 Å². The Morgan fingerprint density at radius 2 is 1.95 bits per heavy atom. The molecule has 2 amide bonds. The largest absolute Gasteiger partial charge is 0.478 e. The maximum absolute atomic E-state index is 11.9. The summed E-state index contributed by atoms with van der Waals surface area (Å²) in [4.78, 5) is 27.2. The number of urea groups is 1. The molecule has 0 aliphatic heterocycles. The van der Waals surface area contributed by atoms with Gasteiger partial charge in [-0.2, -0.15) is 0 Å². The van der Waals surface area contributed by atoms with Crippen LogP contribution in [-0.4, -0.2) is 22.1 Å². The van der Waals surface area contributed by atoms with E-state index in [1.165, 1.54) is 23.5 Å². The van der Waals surface area contributed by atoms with Crippen LogP contribution in [0.4, 0.5) is 15.6 Å². The maximum Gasteiger partial charge on any atom is 0.337 e. The lowest BCUT2D eigenvalue weighted by Gasteiger charge is -2.08. The fourth-order valence-electron chi connectivity index (χ4n) is 1.64. The second-order valence-corrected chi connectivity index (χ2v) is 5.52. The molecule has 2 rings (SSSR count). The zero-order chi connectivity index (χ0) is 15.4. The Morgan fingerprint density at radius 1 is 1.24 bits per heavy atom. The highest BCUT2D eigenvalue weighted by Crippen LogP contribution is 2.22. The topological polar surface area (TPSA) is 91.3 Å². The van der Waals surface area contributed by atoms with Crippen LogP contribution in [0, 0.1) is 0 Å². The number of thiazole rings is 1. The first kappa shape index (κ1) is 15.0. The molecule has 7 heteroatoms. The first-order chi connectivity index (χ1) is 9.97. The first-order valence-electron chi connectivity index (χ1n) is 6.33. The number of amides is 2. The van der Waals surface area contributed by atoms with E-state index in [9.17, 15) is 9.59 Å². The molecule has 0 bridgehead atoms. The van der Waals surface area contributed by atoms with Crippen LogP contribution in [0.25, 0.3) is 0 Å². The quantitative estimate of drug-likeness (QED) is 0.804. The number of carbonyl (C=O) groups is 2. The lowest BCUT2D eigenvalue weighted by atomic mass is 10.2. The van der Waals surface area contributed by atoms with E-state index in [2.05, 4.69) is 15.6 Å². The van der Waals surface area contributed by atoms with Crippen LogP contribution in [0.1, 0.15) is 35.8 Å². The van der Waals surface area contributed by atoms with Gasteiger partial charge in [-0.25, -0.2) is 14.6 Å². The highest BCUT2D eigenvalue weighted by Gasteiger charge is 2.13. The van der Waals surface area contributed by atoms with Gasteiger partial charge in [-0.15, -0.1) is 11.3 Å². The summed E-state index contributed by atoms with van der Waals surface area (Å²) in [5, 5.41) is 16.5. The third-order valence-corrected chi connectivity index (χ3v) is 3.52. The monoisotopic (exact) mass is 305 g/mol. The van der Waals surface area contributed by atoms with Gasteiger partial charge >= 0.3 is 12.0 Å². The molecule has 0 radical (unpaired) electrons. The summed E-state index contributed by atoms with van der Waals surface area (Å²) >= 11 is 1.33. The Hall–Kier alpha value is -2.41. The number of aromatic carboxylic acids is 1. The van der Waals surface area contributed by atoms with Crippen LogP contribution in [-0.2, 0) is 0 Å². The Bertz CT molecular complexity index is 667. The molecule has 2 aromatic rings. The third kappa shape index (κ3) is 3.79. The zero-order valence-electron chi connectivity index (χ0n) is 11.6. The lowest BCUT2D eigenvalue weighted by molar-refractivity contribution is 0.0698. The molecular weight excluding hydrogens is 290 g/mol. The van der Waals surface area contributed by atoms with Gasteiger partial charge in [0.1, 0.15) is 0 Å². The summed E-state index contributed by atoms with van der Waals surface area (Å²) in [5.41, 5.74) is 1.18. The van der Waals surface area contributed by atoms with E-state index in [-0.39, 0.29) is 17.2 Å². The van der Waals surface area contributed by atoms with Crippen molar-refractivity contribution in [1.82, 2.24) is 4.98 Å². The molecule has 3 N–H and O–H groups in total. The molecule has 0 aliphatic rings. The molecule has 0 saturated carbocycles. The molecule has 0 atom stereocenters. The molecule has 0 spiro atoms. The minimum absolute atomic E-state index is 0.0367. The number of para-hydroxylation sites is 1. The number of rotatable bonds is 4. The maximum atomic E-state index is 11.9. The molecular formula is C14H15N3O3S. The van der Waals surface area contributed by atoms with E-state index < -0.39 is 12.0 Å². The normalized spacial score (nSPS) is 10.4. The third-order valence-electron chi connectivity index (χ3n) is 2.74. The Morgan fingerprint density at radius 3 is 2.57 bits per heavy atom. The molecule has 21 heavy (non-hydrogen) atoms. The van der Waals surface area contributed by atoms with E-state index in [0.717, 1.165) is 5.69 Å². The van der Waals surface area contributed by atoms with Crippen molar-refractivity contribution in [1.29, 1.82) is 0 Å². The van der Waals surface area contributed by atoms with E-state index in [4.69, 9.17) is 5.11 Å². The fourth-order valence-corrected chi connectivity index (χ4v) is 2.51. The number of carboxylic acid groups (broad SMARTS) is 1. The summed E-state index contributed by atoms with van der Waals surface area (Å²) in [7, 11) is 0. The number of hydrogen-bond donors (Lipinski definition) is 3. The molecule has 1 aromatic heterocycles. The smallest absolute Gasteiger partial charge is 0.337 e. The molecule has 0 unspecified atom stereocenters. The zero-order valence-corrected chi connectivity index (χ0v) is 12.4. The van der Waals surface area contributed by atoms with E-state index in [0.29, 0.717) is 5.13 Å². The van der Waals surface area contributed by atoms with Gasteiger partial charge in [0.2, 0.25) is 0 Å². The van der Waals surface area contributed by atoms with Gasteiger partial charge < -0.3 is 10.4 Å². The molecule has 1 heterocycles. The molecule has 6 nitrogen and oxygen atoms in total. The SMILES string of the molecule is CC(C)c1csc(NC(=O)Nc2ccccc2C(=O)O)n1. The molecule has 0 saturated heterocycles. The molecule has 0 aliphatic carbocycles. The van der Waals surface area contributed by atoms with Gasteiger partial charge in [-0.05, 0) is 18.1 Å². The van der Waals surface area contributed by atoms with Crippen LogP contribution in [0.2, 0.25) is 0 Å². The highest BCUT2D eigenvalue weighted by atomic mass is 32.1. The van der Waals surface area contributed by atoms with Gasteiger partial charge in [0.25, 0.3) is 0 Å². The Balaban J connectivity index is 2.06. The van der Waals surface area contributed by atoms with Crippen LogP contribution >= 0.6 is 11.3 Å². The number of carboxylic acids is 1. The van der Waals surface area contributed by atoms with Crippen molar-refractivity contribution >= 4 is 34.2 Å². The summed E-state index contributed by atoms with van der Waals surface area (Å²) in [6.45, 7) is 4.03. The van der Waals surface area contributed by atoms with Gasteiger partial charge in [-0.3, -0.25) is 5.32 Å². The highest BCUT2D eigenvalue weighted by molar-refractivity contribution is 7.13. The predicted molar refractivity (Wildman–Crippen MR) is 82.2 cm³/mol. The number of nitrogens with one attached hydrogen (secondary N) is 2. The summed E-state index contributed by atoms with van der Waals surface area (Å²) < 4.78 is 0. The van der Waals surface area contributed by atoms with Crippen molar-refractivity contribution in [2.24, 2.45) is 0 Å². The minimum Gasteiger partial charge on any atom is -0.478 e. The van der Waals surface area contributed by atoms with Crippen LogP contribution in [0.5, 0.6) is 0 Å². The average molecular weight is 305 g/mol. The van der Waals surface area contributed by atoms with E-state index >= 15 is 0 Å². The van der Waals surface area contributed by atoms with Crippen LogP contribution in [0.3, 0.4) is 0 Å². The van der Waals surface area contributed by atoms with Crippen LogP contribution in [0.15, 0.2) is 29.6 Å². The van der Waals surface area contributed by atoms with Crippen molar-refractivity contribution < 1.29 is 14.7 Å². The van der Waals surface area contributed by atoms with Crippen molar-refractivity contribution in [3.8, 4) is 0 Å². The number of aromatic nitrogens is 1. The summed E-state index contributed by atoms with van der Waals surface area (Å²) in [5.74, 6) is -0.810. The van der Waals surface area contributed by atoms with Gasteiger partial charge in [0, 0.05) is 5.38 Å². The number of benzene rings is 1. The Labute approximate surface area is 125 Å².